The van der Waals surface area contributed by atoms with Crippen LogP contribution in [0.2, 0.25) is 0 Å². The average Bonchev–Trinajstić information content (AvgIpc) is 2.43. The molecule has 0 aromatic heterocycles. The molecule has 0 saturated carbocycles. The second-order valence-corrected chi connectivity index (χ2v) is 4.28. The highest BCUT2D eigenvalue weighted by Crippen LogP contribution is 2.13. The van der Waals surface area contributed by atoms with Crippen molar-refractivity contribution < 1.29 is 13.7 Å². The molecule has 1 N–H and O–H groups in total. The molecule has 2 aromatic carbocycles. The molecule has 0 aliphatic carbocycles. The molecule has 0 radical (unpaired) electrons. The van der Waals surface area contributed by atoms with Crippen molar-refractivity contribution in [3.8, 4) is 0 Å². The van der Waals surface area contributed by atoms with Gasteiger partial charge in [0, 0.05) is 25.2 Å². The molecule has 6 heteroatoms. The number of hydrogen-bond acceptors (Lipinski definition) is 3. The monoisotopic (exact) mass is 278 g/mol. The fourth-order valence-electron chi connectivity index (χ4n) is 1.78. The van der Waals surface area contributed by atoms with E-state index >= 15 is 0 Å². The molecule has 0 heterocycles. The van der Waals surface area contributed by atoms with Gasteiger partial charge in [0.25, 0.3) is 5.69 Å². The van der Waals surface area contributed by atoms with Crippen LogP contribution in [0.4, 0.5) is 14.5 Å². The third kappa shape index (κ3) is 3.58. The Morgan fingerprint density at radius 2 is 1.70 bits per heavy atom. The molecule has 0 amide bonds. The molecule has 0 fully saturated rings. The van der Waals surface area contributed by atoms with Crippen molar-refractivity contribution in [1.29, 1.82) is 0 Å². The summed E-state index contributed by atoms with van der Waals surface area (Å²) in [6.07, 6.45) is 0. The van der Waals surface area contributed by atoms with Gasteiger partial charge in [0.15, 0.2) is 11.6 Å². The van der Waals surface area contributed by atoms with E-state index < -0.39 is 16.6 Å². The minimum Gasteiger partial charge on any atom is -0.309 e. The van der Waals surface area contributed by atoms with Gasteiger partial charge in [-0.15, -0.1) is 0 Å². The topological polar surface area (TPSA) is 55.2 Å². The molecule has 0 aliphatic heterocycles. The maximum absolute atomic E-state index is 13.0. The third-order valence-corrected chi connectivity index (χ3v) is 2.76. The first-order chi connectivity index (χ1) is 9.56. The first kappa shape index (κ1) is 14.1. The molecule has 0 unspecified atom stereocenters. The highest BCUT2D eigenvalue weighted by atomic mass is 19.2. The minimum atomic E-state index is -0.889. The smallest absolute Gasteiger partial charge is 0.269 e. The van der Waals surface area contributed by atoms with Gasteiger partial charge in [-0.05, 0) is 23.3 Å². The lowest BCUT2D eigenvalue weighted by atomic mass is 10.2. The van der Waals surface area contributed by atoms with Gasteiger partial charge in [0.2, 0.25) is 0 Å². The summed E-state index contributed by atoms with van der Waals surface area (Å²) in [4.78, 5) is 10.2. The predicted molar refractivity (Wildman–Crippen MR) is 70.0 cm³/mol. The van der Waals surface area contributed by atoms with Crippen molar-refractivity contribution >= 4 is 5.69 Å². The Kier molecular flexibility index (Phi) is 4.37. The van der Waals surface area contributed by atoms with E-state index in [1.54, 1.807) is 12.1 Å². The standard InChI is InChI=1S/C14H12F2N2O2/c15-13-5-4-11(7-14(13)16)9-17-8-10-2-1-3-12(6-10)18(19)20/h1-7,17H,8-9H2. The van der Waals surface area contributed by atoms with Crippen LogP contribution in [-0.4, -0.2) is 4.92 Å². The highest BCUT2D eigenvalue weighted by molar-refractivity contribution is 5.34. The quantitative estimate of drug-likeness (QED) is 0.675. The summed E-state index contributed by atoms with van der Waals surface area (Å²) >= 11 is 0. The Balaban J connectivity index is 1.94. The third-order valence-electron chi connectivity index (χ3n) is 2.76. The molecule has 104 valence electrons. The fraction of sp³-hybridized carbons (Fsp3) is 0.143. The summed E-state index contributed by atoms with van der Waals surface area (Å²) in [7, 11) is 0. The number of nitro benzene ring substituents is 1. The normalized spacial score (nSPS) is 10.5. The Morgan fingerprint density at radius 3 is 2.35 bits per heavy atom. The van der Waals surface area contributed by atoms with E-state index in [4.69, 9.17) is 0 Å². The number of hydrogen-bond donors (Lipinski definition) is 1. The molecule has 0 aliphatic rings. The molecule has 2 aromatic rings. The van der Waals surface area contributed by atoms with Crippen LogP contribution in [0.3, 0.4) is 0 Å². The first-order valence-corrected chi connectivity index (χ1v) is 5.94. The Bertz CT molecular complexity index is 632. The highest BCUT2D eigenvalue weighted by Gasteiger charge is 2.06. The van der Waals surface area contributed by atoms with E-state index in [-0.39, 0.29) is 5.69 Å². The lowest BCUT2D eigenvalue weighted by Crippen LogP contribution is -2.13. The van der Waals surface area contributed by atoms with Gasteiger partial charge >= 0.3 is 0 Å². The van der Waals surface area contributed by atoms with Gasteiger partial charge in [-0.25, -0.2) is 8.78 Å². The van der Waals surface area contributed by atoms with Crippen LogP contribution in [0.1, 0.15) is 11.1 Å². The van der Waals surface area contributed by atoms with Crippen LogP contribution in [0, 0.1) is 21.7 Å². The van der Waals surface area contributed by atoms with Crippen LogP contribution in [0.25, 0.3) is 0 Å². The summed E-state index contributed by atoms with van der Waals surface area (Å²) in [6.45, 7) is 0.751. The van der Waals surface area contributed by atoms with E-state index in [2.05, 4.69) is 5.32 Å². The number of nitro groups is 1. The molecule has 0 saturated heterocycles. The number of non-ortho nitro benzene ring substituents is 1. The average molecular weight is 278 g/mol. The van der Waals surface area contributed by atoms with E-state index in [0.717, 1.165) is 17.7 Å². The summed E-state index contributed by atoms with van der Waals surface area (Å²) in [5, 5.41) is 13.6. The number of halogens is 2. The maximum Gasteiger partial charge on any atom is 0.269 e. The van der Waals surface area contributed by atoms with Crippen LogP contribution in [0.15, 0.2) is 42.5 Å². The number of benzene rings is 2. The number of nitrogens with one attached hydrogen (secondary N) is 1. The van der Waals surface area contributed by atoms with Crippen molar-refractivity contribution in [2.75, 3.05) is 0 Å². The molecular formula is C14H12F2N2O2. The van der Waals surface area contributed by atoms with Gasteiger partial charge in [-0.3, -0.25) is 10.1 Å². The maximum atomic E-state index is 13.0. The molecule has 0 bridgehead atoms. The zero-order valence-corrected chi connectivity index (χ0v) is 10.5. The van der Waals surface area contributed by atoms with Crippen LogP contribution in [-0.2, 0) is 13.1 Å². The SMILES string of the molecule is O=[N+]([O-])c1cccc(CNCc2ccc(F)c(F)c2)c1. The molecule has 2 rings (SSSR count). The summed E-state index contributed by atoms with van der Waals surface area (Å²) in [5.74, 6) is -1.77. The first-order valence-electron chi connectivity index (χ1n) is 5.94. The molecule has 20 heavy (non-hydrogen) atoms. The summed E-state index contributed by atoms with van der Waals surface area (Å²) in [5.41, 5.74) is 1.38. The van der Waals surface area contributed by atoms with Crippen LogP contribution in [0.5, 0.6) is 0 Å². The minimum absolute atomic E-state index is 0.0251. The Hall–Kier alpha value is -2.34. The van der Waals surface area contributed by atoms with Gasteiger partial charge in [0.1, 0.15) is 0 Å². The van der Waals surface area contributed by atoms with Gasteiger partial charge in [-0.1, -0.05) is 18.2 Å². The number of nitrogens with zero attached hydrogens (tertiary/aromatic N) is 1. The lowest BCUT2D eigenvalue weighted by molar-refractivity contribution is -0.384. The fourth-order valence-corrected chi connectivity index (χ4v) is 1.78. The second-order valence-electron chi connectivity index (χ2n) is 4.28. The van der Waals surface area contributed by atoms with E-state index in [0.29, 0.717) is 18.7 Å². The zero-order chi connectivity index (χ0) is 14.5. The molecule has 0 spiro atoms. The van der Waals surface area contributed by atoms with Gasteiger partial charge in [-0.2, -0.15) is 0 Å². The predicted octanol–water partition coefficient (Wildman–Crippen LogP) is 3.16. The van der Waals surface area contributed by atoms with Gasteiger partial charge in [0.05, 0.1) is 4.92 Å². The van der Waals surface area contributed by atoms with Gasteiger partial charge < -0.3 is 5.32 Å². The van der Waals surface area contributed by atoms with Crippen LogP contribution < -0.4 is 5.32 Å². The lowest BCUT2D eigenvalue weighted by Gasteiger charge is -2.05. The van der Waals surface area contributed by atoms with Crippen molar-refractivity contribution in [3.05, 3.63) is 75.3 Å². The second kappa shape index (κ2) is 6.21. The van der Waals surface area contributed by atoms with Crippen molar-refractivity contribution in [3.63, 3.8) is 0 Å². The van der Waals surface area contributed by atoms with Crippen molar-refractivity contribution in [1.82, 2.24) is 5.32 Å². The Morgan fingerprint density at radius 1 is 1.00 bits per heavy atom. The van der Waals surface area contributed by atoms with Crippen molar-refractivity contribution in [2.45, 2.75) is 13.1 Å². The summed E-state index contributed by atoms with van der Waals surface area (Å²) in [6, 6.07) is 9.92. The molecular weight excluding hydrogens is 266 g/mol. The largest absolute Gasteiger partial charge is 0.309 e. The van der Waals surface area contributed by atoms with Crippen LogP contribution >= 0.6 is 0 Å². The molecule has 0 atom stereocenters. The van der Waals surface area contributed by atoms with Crippen molar-refractivity contribution in [2.24, 2.45) is 0 Å². The van der Waals surface area contributed by atoms with E-state index in [9.17, 15) is 18.9 Å². The van der Waals surface area contributed by atoms with E-state index in [1.807, 2.05) is 0 Å². The summed E-state index contributed by atoms with van der Waals surface area (Å²) < 4.78 is 25.7. The molecule has 4 nitrogen and oxygen atoms in total. The Labute approximate surface area is 114 Å². The van der Waals surface area contributed by atoms with E-state index in [1.165, 1.54) is 18.2 Å². The number of rotatable bonds is 5. The zero-order valence-electron chi connectivity index (χ0n) is 10.5.